The Morgan fingerprint density at radius 2 is 1.52 bits per heavy atom. The molecule has 384 valence electrons. The Kier molecular flexibility index (Phi) is 13.0. The molecule has 4 amide bonds. The molecule has 5 aliphatic rings. The van der Waals surface area contributed by atoms with Crippen LogP contribution >= 0.6 is 11.3 Å². The molecule has 1 saturated carbocycles. The van der Waals surface area contributed by atoms with E-state index in [0.717, 1.165) is 39.5 Å². The molecule has 73 heavy (non-hydrogen) atoms. The van der Waals surface area contributed by atoms with Gasteiger partial charge in [0.2, 0.25) is 18.0 Å². The standard InChI is InChI=1S/C53H62FN9O8SSi/c1-28(2)45(59-52(66)68-3)49(64)61-17-7-8-38(61)47-55-25-36(58-47)32-21-34(54)44-39-22-33-20-31(11-12-37(33)63(39)51(71-41(44)23-32)43-14-13-42(72-43)29-9-10-29)35-24-56-48(57-35)40-26-73(5,6)27-62(40)50(65)46(60-53(67)69-4)30-15-18-70-19-16-30/h11-14,20-25,28-30,38,40,45-46,51H,7-10,15-19,26-27H2,1-6H3,(H,55,58)(H,56,57)(H,59,66)(H,60,67)/t38-,40-,45-,46?,51-/m0/s1. The van der Waals surface area contributed by atoms with Crippen LogP contribution in [-0.4, -0.2) is 119 Å². The Morgan fingerprint density at radius 1 is 0.822 bits per heavy atom. The van der Waals surface area contributed by atoms with Crippen molar-refractivity contribution in [2.75, 3.05) is 40.1 Å². The Bertz CT molecular complexity index is 3100. The third-order valence-corrected chi connectivity index (χ3v) is 19.3. The number of aromatic amines is 2. The molecule has 4 N–H and O–H groups in total. The van der Waals surface area contributed by atoms with Gasteiger partial charge in [-0.25, -0.2) is 23.9 Å². The predicted molar refractivity (Wildman–Crippen MR) is 275 cm³/mol. The second-order valence-electron chi connectivity index (χ2n) is 21.3. The quantitative estimate of drug-likeness (QED) is 0.0857. The van der Waals surface area contributed by atoms with Crippen LogP contribution in [0.2, 0.25) is 19.1 Å². The fraction of sp³-hybridized carbons (Fsp3) is 0.472. The first kappa shape index (κ1) is 48.7. The largest absolute Gasteiger partial charge is 0.464 e. The number of halogens is 1. The summed E-state index contributed by atoms with van der Waals surface area (Å²) in [6.07, 6.45) is 7.34. The van der Waals surface area contributed by atoms with Crippen LogP contribution in [0.4, 0.5) is 14.0 Å². The van der Waals surface area contributed by atoms with Gasteiger partial charge in [0.25, 0.3) is 0 Å². The second-order valence-corrected chi connectivity index (χ2v) is 27.5. The van der Waals surface area contributed by atoms with E-state index >= 15 is 4.39 Å². The minimum atomic E-state index is -1.88. The number of thiophene rings is 1. The molecule has 1 unspecified atom stereocenters. The average molecular weight is 1030 g/mol. The van der Waals surface area contributed by atoms with Crippen molar-refractivity contribution < 1.29 is 42.5 Å². The summed E-state index contributed by atoms with van der Waals surface area (Å²) in [6, 6.07) is 14.5. The summed E-state index contributed by atoms with van der Waals surface area (Å²) in [6.45, 7) is 9.88. The van der Waals surface area contributed by atoms with Crippen molar-refractivity contribution in [3.05, 3.63) is 88.1 Å². The highest BCUT2D eigenvalue weighted by atomic mass is 32.1. The number of carbonyl (C=O) groups is 4. The number of hydrogen-bond acceptors (Lipinski definition) is 11. The topological polar surface area (TPSA) is 198 Å². The van der Waals surface area contributed by atoms with Crippen LogP contribution in [0.15, 0.2) is 60.9 Å². The lowest BCUT2D eigenvalue weighted by Gasteiger charge is -2.34. The van der Waals surface area contributed by atoms with Crippen LogP contribution in [0.1, 0.15) is 98.0 Å². The minimum Gasteiger partial charge on any atom is -0.464 e. The third kappa shape index (κ3) is 9.30. The molecule has 17 nitrogen and oxygen atoms in total. The van der Waals surface area contributed by atoms with Gasteiger partial charge in [0, 0.05) is 47.3 Å². The maximum absolute atomic E-state index is 17.0. The number of H-pyrrole nitrogens is 2. The number of hydrogen-bond donors (Lipinski definition) is 4. The summed E-state index contributed by atoms with van der Waals surface area (Å²) >= 11 is 1.73. The van der Waals surface area contributed by atoms with Crippen molar-refractivity contribution in [2.45, 2.75) is 108 Å². The molecule has 4 aromatic heterocycles. The van der Waals surface area contributed by atoms with Crippen molar-refractivity contribution in [1.29, 1.82) is 0 Å². The Morgan fingerprint density at radius 3 is 2.23 bits per heavy atom. The van der Waals surface area contributed by atoms with Crippen molar-refractivity contribution in [2.24, 2.45) is 11.8 Å². The van der Waals surface area contributed by atoms with Gasteiger partial charge in [0.1, 0.15) is 35.3 Å². The SMILES string of the molecule is COC(=O)NC(C(=O)N1C[Si](C)(C)C[C@H]1c1ncc(-c2ccc3c(c2)cc2n3[C@H](c3ccc(C4CC4)s3)Oc3cc(-c4cnc([C@@H]5CCCN5C(=O)[C@@H](NC(=O)OC)C(C)C)[nH]4)cc(F)c3-2)[nH]1)C1CCOCC1. The molecule has 5 atom stereocenters. The summed E-state index contributed by atoms with van der Waals surface area (Å²) in [7, 11) is 0.697. The number of fused-ring (bicyclic) bond motifs is 5. The molecular weight excluding hydrogens is 970 g/mol. The number of nitrogens with zero attached hydrogens (tertiary/aromatic N) is 5. The van der Waals surface area contributed by atoms with Gasteiger partial charge in [0.05, 0.1) is 79.8 Å². The fourth-order valence-electron chi connectivity index (χ4n) is 11.4. The van der Waals surface area contributed by atoms with Crippen LogP contribution in [0.3, 0.4) is 0 Å². The van der Waals surface area contributed by atoms with Gasteiger partial charge in [-0.2, -0.15) is 0 Å². The lowest BCUT2D eigenvalue weighted by molar-refractivity contribution is -0.136. The van der Waals surface area contributed by atoms with E-state index in [2.05, 4.69) is 56.5 Å². The second kappa shape index (κ2) is 19.4. The van der Waals surface area contributed by atoms with Crippen molar-refractivity contribution in [3.8, 4) is 39.5 Å². The Balaban J connectivity index is 0.907. The fourth-order valence-corrected chi connectivity index (χ4v) is 15.5. The smallest absolute Gasteiger partial charge is 0.407 e. The zero-order chi connectivity index (χ0) is 50.9. The van der Waals surface area contributed by atoms with Gasteiger partial charge < -0.3 is 49.3 Å². The van der Waals surface area contributed by atoms with Gasteiger partial charge >= 0.3 is 12.2 Å². The van der Waals surface area contributed by atoms with E-state index in [-0.39, 0.29) is 35.7 Å². The number of amides is 4. The highest BCUT2D eigenvalue weighted by Crippen LogP contribution is 2.50. The van der Waals surface area contributed by atoms with E-state index < -0.39 is 44.4 Å². The number of imidazole rings is 2. The first-order chi connectivity index (χ1) is 35.2. The van der Waals surface area contributed by atoms with E-state index in [1.807, 2.05) is 49.2 Å². The van der Waals surface area contributed by atoms with E-state index in [1.165, 1.54) is 38.0 Å². The molecule has 1 aliphatic carbocycles. The Hall–Kier alpha value is -6.51. The molecule has 0 spiro atoms. The molecule has 2 aromatic carbocycles. The zero-order valence-corrected chi connectivity index (χ0v) is 43.8. The molecule has 0 bridgehead atoms. The van der Waals surface area contributed by atoms with E-state index in [9.17, 15) is 19.2 Å². The number of benzene rings is 2. The van der Waals surface area contributed by atoms with Crippen LogP contribution < -0.4 is 15.4 Å². The van der Waals surface area contributed by atoms with Crippen molar-refractivity contribution in [3.63, 3.8) is 0 Å². The van der Waals surface area contributed by atoms with Gasteiger partial charge in [-0.05, 0) is 105 Å². The number of nitrogens with one attached hydrogen (secondary N) is 4. The minimum absolute atomic E-state index is 0.0767. The zero-order valence-electron chi connectivity index (χ0n) is 42.0. The van der Waals surface area contributed by atoms with Gasteiger partial charge in [0.15, 0.2) is 0 Å². The van der Waals surface area contributed by atoms with Crippen LogP contribution in [0.5, 0.6) is 5.75 Å². The molecular formula is C53H62FN9O8SSi. The van der Waals surface area contributed by atoms with Crippen molar-refractivity contribution >= 4 is 54.3 Å². The molecule has 3 saturated heterocycles. The molecule has 4 aliphatic heterocycles. The monoisotopic (exact) mass is 1030 g/mol. The number of ether oxygens (including phenoxy) is 4. The maximum Gasteiger partial charge on any atom is 0.407 e. The third-order valence-electron chi connectivity index (χ3n) is 15.3. The van der Waals surface area contributed by atoms with E-state index in [1.54, 1.807) is 22.4 Å². The average Bonchev–Trinajstić information content (AvgIpc) is 4.07. The number of carbonyl (C=O) groups excluding carboxylic acids is 4. The number of likely N-dealkylation sites (tertiary alicyclic amines) is 1. The molecule has 11 rings (SSSR count). The lowest BCUT2D eigenvalue weighted by atomic mass is 9.90. The summed E-state index contributed by atoms with van der Waals surface area (Å²) in [5.74, 6) is 1.18. The molecule has 0 radical (unpaired) electrons. The molecule has 6 aromatic rings. The number of methoxy groups -OCH3 is 2. The molecule has 4 fully saturated rings. The normalized spacial score (nSPS) is 21.4. The van der Waals surface area contributed by atoms with Gasteiger partial charge in [-0.1, -0.05) is 33.0 Å². The lowest BCUT2D eigenvalue weighted by Crippen LogP contribution is -2.53. The summed E-state index contributed by atoms with van der Waals surface area (Å²) in [5, 5.41) is 6.45. The first-order valence-electron chi connectivity index (χ1n) is 25.4. The number of rotatable bonds is 12. The van der Waals surface area contributed by atoms with Crippen LogP contribution in [0, 0.1) is 17.7 Å². The van der Waals surface area contributed by atoms with Gasteiger partial charge in [-0.3, -0.25) is 14.2 Å². The van der Waals surface area contributed by atoms with Gasteiger partial charge in [-0.15, -0.1) is 11.3 Å². The Labute approximate surface area is 427 Å². The summed E-state index contributed by atoms with van der Waals surface area (Å²) in [5.41, 5.74) is 4.72. The van der Waals surface area contributed by atoms with E-state index in [4.69, 9.17) is 28.9 Å². The summed E-state index contributed by atoms with van der Waals surface area (Å²) in [4.78, 5) is 75.7. The highest BCUT2D eigenvalue weighted by molar-refractivity contribution is 7.12. The number of aromatic nitrogens is 5. The van der Waals surface area contributed by atoms with Crippen molar-refractivity contribution in [1.82, 2.24) is 44.9 Å². The maximum atomic E-state index is 17.0. The first-order valence-corrected chi connectivity index (χ1v) is 29.6. The molecule has 20 heteroatoms. The number of alkyl carbamates (subject to hydrolysis) is 2. The predicted octanol–water partition coefficient (Wildman–Crippen LogP) is 9.43. The van der Waals surface area contributed by atoms with E-state index in [0.29, 0.717) is 91.0 Å². The van der Waals surface area contributed by atoms with Crippen LogP contribution in [0.25, 0.3) is 44.7 Å². The van der Waals surface area contributed by atoms with Crippen LogP contribution in [-0.2, 0) is 23.8 Å². The highest BCUT2D eigenvalue weighted by Gasteiger charge is 2.47. The summed E-state index contributed by atoms with van der Waals surface area (Å²) < 4.78 is 41.4. The molecule has 8 heterocycles.